The highest BCUT2D eigenvalue weighted by Gasteiger charge is 1.98. The van der Waals surface area contributed by atoms with Crippen molar-refractivity contribution >= 4 is 15.9 Å². The molecule has 0 fully saturated rings. The van der Waals surface area contributed by atoms with Crippen LogP contribution in [0.1, 0.15) is 18.9 Å². The van der Waals surface area contributed by atoms with Gasteiger partial charge in [-0.3, -0.25) is 4.98 Å². The van der Waals surface area contributed by atoms with Crippen LogP contribution in [-0.4, -0.2) is 16.2 Å². The average molecular weight is 230 g/mol. The highest BCUT2D eigenvalue weighted by molar-refractivity contribution is 9.10. The zero-order chi connectivity index (χ0) is 8.97. The van der Waals surface area contributed by atoms with Crippen molar-refractivity contribution < 1.29 is 5.11 Å². The van der Waals surface area contributed by atoms with Crippen LogP contribution in [0.5, 0.6) is 0 Å². The summed E-state index contributed by atoms with van der Waals surface area (Å²) in [5, 5.41) is 9.05. The van der Waals surface area contributed by atoms with E-state index in [-0.39, 0.29) is 6.10 Å². The summed E-state index contributed by atoms with van der Waals surface area (Å²) in [4.78, 5) is 4.03. The summed E-state index contributed by atoms with van der Waals surface area (Å²) >= 11 is 3.34. The van der Waals surface area contributed by atoms with Crippen LogP contribution < -0.4 is 0 Å². The number of halogens is 1. The fraction of sp³-hybridized carbons (Fsp3) is 0.444. The summed E-state index contributed by atoms with van der Waals surface area (Å²) in [6, 6.07) is 2.02. The van der Waals surface area contributed by atoms with E-state index in [1.165, 1.54) is 0 Å². The van der Waals surface area contributed by atoms with Crippen LogP contribution in [0.2, 0.25) is 0 Å². The molecule has 1 aromatic heterocycles. The Kier molecular flexibility index (Phi) is 3.69. The van der Waals surface area contributed by atoms with Gasteiger partial charge in [-0.1, -0.05) is 0 Å². The van der Waals surface area contributed by atoms with E-state index in [4.69, 9.17) is 5.11 Å². The number of aromatic nitrogens is 1. The molecule has 66 valence electrons. The molecule has 0 amide bonds. The predicted octanol–water partition coefficient (Wildman–Crippen LogP) is 2.16. The molecular weight excluding hydrogens is 218 g/mol. The maximum Gasteiger partial charge on any atom is 0.0515 e. The van der Waals surface area contributed by atoms with E-state index in [9.17, 15) is 0 Å². The van der Waals surface area contributed by atoms with Gasteiger partial charge in [0, 0.05) is 16.9 Å². The normalized spacial score (nSPS) is 12.9. The van der Waals surface area contributed by atoms with Crippen LogP contribution in [0.15, 0.2) is 22.9 Å². The van der Waals surface area contributed by atoms with Gasteiger partial charge in [0.25, 0.3) is 0 Å². The number of aliphatic hydroxyl groups is 1. The summed E-state index contributed by atoms with van der Waals surface area (Å²) < 4.78 is 0.991. The zero-order valence-corrected chi connectivity index (χ0v) is 8.58. The Balaban J connectivity index is 2.52. The van der Waals surface area contributed by atoms with Crippen LogP contribution >= 0.6 is 15.9 Å². The smallest absolute Gasteiger partial charge is 0.0515 e. The van der Waals surface area contributed by atoms with Gasteiger partial charge in [-0.05, 0) is 47.3 Å². The molecule has 0 radical (unpaired) electrons. The molecule has 0 saturated carbocycles. The van der Waals surface area contributed by atoms with Gasteiger partial charge < -0.3 is 5.11 Å². The van der Waals surface area contributed by atoms with Gasteiger partial charge in [-0.15, -0.1) is 0 Å². The summed E-state index contributed by atoms with van der Waals surface area (Å²) in [5.41, 5.74) is 1.16. The lowest BCUT2D eigenvalue weighted by Crippen LogP contribution is -2.01. The van der Waals surface area contributed by atoms with E-state index in [0.29, 0.717) is 0 Å². The van der Waals surface area contributed by atoms with Crippen molar-refractivity contribution in [3.05, 3.63) is 28.5 Å². The largest absolute Gasteiger partial charge is 0.393 e. The Morgan fingerprint density at radius 2 is 2.33 bits per heavy atom. The number of aryl methyl sites for hydroxylation is 1. The van der Waals surface area contributed by atoms with Crippen molar-refractivity contribution in [2.24, 2.45) is 0 Å². The molecule has 0 saturated heterocycles. The Labute approximate surface area is 80.8 Å². The maximum atomic E-state index is 9.05. The molecular formula is C9H12BrNO. The standard InChI is InChI=1S/C9H12BrNO/c1-7(12)2-3-8-4-9(10)6-11-5-8/h4-7,12H,2-3H2,1H3/t7-/m0/s1. The minimum absolute atomic E-state index is 0.232. The predicted molar refractivity (Wildman–Crippen MR) is 51.9 cm³/mol. The molecule has 1 atom stereocenters. The lowest BCUT2D eigenvalue weighted by Gasteiger charge is -2.03. The maximum absolute atomic E-state index is 9.05. The number of rotatable bonds is 3. The second-order valence-electron chi connectivity index (χ2n) is 2.90. The van der Waals surface area contributed by atoms with Crippen LogP contribution in [0.25, 0.3) is 0 Å². The fourth-order valence-electron chi connectivity index (χ4n) is 0.968. The van der Waals surface area contributed by atoms with E-state index < -0.39 is 0 Å². The van der Waals surface area contributed by atoms with E-state index in [1.807, 2.05) is 12.3 Å². The van der Waals surface area contributed by atoms with E-state index >= 15 is 0 Å². The van der Waals surface area contributed by atoms with Crippen LogP contribution in [0.4, 0.5) is 0 Å². The third-order valence-electron chi connectivity index (χ3n) is 1.61. The molecule has 0 aliphatic carbocycles. The molecule has 0 aliphatic heterocycles. The second-order valence-corrected chi connectivity index (χ2v) is 3.81. The van der Waals surface area contributed by atoms with Crippen molar-refractivity contribution in [2.45, 2.75) is 25.9 Å². The van der Waals surface area contributed by atoms with Gasteiger partial charge in [0.1, 0.15) is 0 Å². The van der Waals surface area contributed by atoms with Gasteiger partial charge in [-0.25, -0.2) is 0 Å². The van der Waals surface area contributed by atoms with Crippen molar-refractivity contribution in [1.82, 2.24) is 4.98 Å². The minimum atomic E-state index is -0.232. The number of pyridine rings is 1. The Hall–Kier alpha value is -0.410. The minimum Gasteiger partial charge on any atom is -0.393 e. The first-order valence-corrected chi connectivity index (χ1v) is 4.75. The van der Waals surface area contributed by atoms with Gasteiger partial charge >= 0.3 is 0 Å². The van der Waals surface area contributed by atoms with Crippen molar-refractivity contribution in [2.75, 3.05) is 0 Å². The number of hydrogen-bond acceptors (Lipinski definition) is 2. The molecule has 12 heavy (non-hydrogen) atoms. The molecule has 0 spiro atoms. The highest BCUT2D eigenvalue weighted by Crippen LogP contribution is 2.11. The molecule has 3 heteroatoms. The molecule has 0 unspecified atom stereocenters. The van der Waals surface area contributed by atoms with Crippen molar-refractivity contribution in [3.8, 4) is 0 Å². The fourth-order valence-corrected chi connectivity index (χ4v) is 1.38. The summed E-state index contributed by atoms with van der Waals surface area (Å²) in [5.74, 6) is 0. The third-order valence-corrected chi connectivity index (χ3v) is 2.05. The zero-order valence-electron chi connectivity index (χ0n) is 7.00. The topological polar surface area (TPSA) is 33.1 Å². The monoisotopic (exact) mass is 229 g/mol. The SMILES string of the molecule is C[C@H](O)CCc1cncc(Br)c1. The Bertz CT molecular complexity index is 250. The number of aliphatic hydroxyl groups excluding tert-OH is 1. The van der Waals surface area contributed by atoms with Gasteiger partial charge in [-0.2, -0.15) is 0 Å². The summed E-state index contributed by atoms with van der Waals surface area (Å²) in [6.07, 6.45) is 5.02. The lowest BCUT2D eigenvalue weighted by atomic mass is 10.1. The van der Waals surface area contributed by atoms with Crippen LogP contribution in [0.3, 0.4) is 0 Å². The Morgan fingerprint density at radius 1 is 1.58 bits per heavy atom. The molecule has 1 heterocycles. The van der Waals surface area contributed by atoms with Gasteiger partial charge in [0.15, 0.2) is 0 Å². The second kappa shape index (κ2) is 4.58. The Morgan fingerprint density at radius 3 is 2.92 bits per heavy atom. The highest BCUT2D eigenvalue weighted by atomic mass is 79.9. The van der Waals surface area contributed by atoms with Crippen LogP contribution in [0, 0.1) is 0 Å². The van der Waals surface area contributed by atoms with Crippen molar-refractivity contribution in [1.29, 1.82) is 0 Å². The third kappa shape index (κ3) is 3.32. The van der Waals surface area contributed by atoms with Gasteiger partial charge in [0.2, 0.25) is 0 Å². The van der Waals surface area contributed by atoms with E-state index in [0.717, 1.165) is 22.9 Å². The quantitative estimate of drug-likeness (QED) is 0.863. The molecule has 0 aliphatic rings. The average Bonchev–Trinajstić information content (AvgIpc) is 2.01. The summed E-state index contributed by atoms with van der Waals surface area (Å²) in [6.45, 7) is 1.80. The molecule has 1 aromatic rings. The number of hydrogen-bond donors (Lipinski definition) is 1. The molecule has 2 nitrogen and oxygen atoms in total. The first-order chi connectivity index (χ1) is 5.68. The van der Waals surface area contributed by atoms with E-state index in [1.54, 1.807) is 13.1 Å². The first kappa shape index (κ1) is 9.68. The lowest BCUT2D eigenvalue weighted by molar-refractivity contribution is 0.185. The molecule has 1 N–H and O–H groups in total. The molecule has 1 rings (SSSR count). The molecule has 0 bridgehead atoms. The number of nitrogens with zero attached hydrogens (tertiary/aromatic N) is 1. The van der Waals surface area contributed by atoms with Crippen molar-refractivity contribution in [3.63, 3.8) is 0 Å². The molecule has 0 aromatic carbocycles. The van der Waals surface area contributed by atoms with Gasteiger partial charge in [0.05, 0.1) is 6.10 Å². The first-order valence-electron chi connectivity index (χ1n) is 3.96. The van der Waals surface area contributed by atoms with E-state index in [2.05, 4.69) is 20.9 Å². The van der Waals surface area contributed by atoms with Crippen LogP contribution in [-0.2, 0) is 6.42 Å². The summed E-state index contributed by atoms with van der Waals surface area (Å²) in [7, 11) is 0.